The molecule has 4 atom stereocenters. The fraction of sp³-hybridized carbons (Fsp3) is 1.00. The summed E-state index contributed by atoms with van der Waals surface area (Å²) in [5, 5.41) is 0. The Morgan fingerprint density at radius 3 is 2.33 bits per heavy atom. The minimum Gasteiger partial charge on any atom is -0.370 e. The highest BCUT2D eigenvalue weighted by Gasteiger charge is 2.37. The van der Waals surface area contributed by atoms with Gasteiger partial charge >= 0.3 is 0 Å². The lowest BCUT2D eigenvalue weighted by molar-refractivity contribution is 0.288. The van der Waals surface area contributed by atoms with Crippen molar-refractivity contribution in [1.29, 1.82) is 0 Å². The zero-order valence-electron chi connectivity index (χ0n) is 9.51. The standard InChI is InChI=1S/C10H20O4S/c1-4-9(5-10-8(3)14-10)7(2)6-15(11,12)13/h7-10H,4-6H2,1-3H3,(H,11,12,13)/t7?,8?,9?,10-/m0/s1. The quantitative estimate of drug-likeness (QED) is 0.563. The maximum atomic E-state index is 10.8. The molecule has 0 spiro atoms. The molecule has 1 fully saturated rings. The Hall–Kier alpha value is -0.130. The van der Waals surface area contributed by atoms with E-state index in [1.165, 1.54) is 0 Å². The third kappa shape index (κ3) is 4.49. The van der Waals surface area contributed by atoms with Crippen LogP contribution in [0.15, 0.2) is 0 Å². The van der Waals surface area contributed by atoms with Crippen LogP contribution in [0.5, 0.6) is 0 Å². The van der Waals surface area contributed by atoms with Gasteiger partial charge in [-0.15, -0.1) is 0 Å². The van der Waals surface area contributed by atoms with E-state index in [1.807, 2.05) is 20.8 Å². The van der Waals surface area contributed by atoms with Gasteiger partial charge in [-0.1, -0.05) is 20.3 Å². The van der Waals surface area contributed by atoms with Crippen LogP contribution in [0.4, 0.5) is 0 Å². The van der Waals surface area contributed by atoms with E-state index in [2.05, 4.69) is 0 Å². The highest BCUT2D eigenvalue weighted by Crippen LogP contribution is 2.32. The fourth-order valence-corrected chi connectivity index (χ4v) is 2.98. The molecule has 1 aliphatic heterocycles. The summed E-state index contributed by atoms with van der Waals surface area (Å²) in [7, 11) is -3.85. The van der Waals surface area contributed by atoms with Crippen molar-refractivity contribution in [2.24, 2.45) is 11.8 Å². The van der Waals surface area contributed by atoms with Crippen molar-refractivity contribution < 1.29 is 17.7 Å². The first-order chi connectivity index (χ1) is 6.83. The first kappa shape index (κ1) is 12.9. The summed E-state index contributed by atoms with van der Waals surface area (Å²) < 4.78 is 35.6. The van der Waals surface area contributed by atoms with Crippen LogP contribution in [-0.4, -0.2) is 30.9 Å². The molecule has 0 saturated carbocycles. The van der Waals surface area contributed by atoms with Gasteiger partial charge in [0.15, 0.2) is 0 Å². The zero-order chi connectivity index (χ0) is 11.6. The van der Waals surface area contributed by atoms with Crippen LogP contribution >= 0.6 is 0 Å². The molecule has 1 saturated heterocycles. The van der Waals surface area contributed by atoms with E-state index in [4.69, 9.17) is 9.29 Å². The van der Waals surface area contributed by atoms with Gasteiger partial charge in [-0.3, -0.25) is 4.55 Å². The van der Waals surface area contributed by atoms with Crippen LogP contribution in [0.2, 0.25) is 0 Å². The summed E-state index contributed by atoms with van der Waals surface area (Å²) >= 11 is 0. The number of hydrogen-bond acceptors (Lipinski definition) is 3. The lowest BCUT2D eigenvalue weighted by Gasteiger charge is -2.20. The van der Waals surface area contributed by atoms with Crippen LogP contribution in [0.3, 0.4) is 0 Å². The summed E-state index contributed by atoms with van der Waals surface area (Å²) in [5.41, 5.74) is 0. The fourth-order valence-electron chi connectivity index (χ4n) is 2.05. The van der Waals surface area contributed by atoms with E-state index < -0.39 is 10.1 Å². The first-order valence-electron chi connectivity index (χ1n) is 5.44. The van der Waals surface area contributed by atoms with E-state index in [1.54, 1.807) is 0 Å². The van der Waals surface area contributed by atoms with E-state index in [9.17, 15) is 8.42 Å². The zero-order valence-corrected chi connectivity index (χ0v) is 10.3. The van der Waals surface area contributed by atoms with Crippen LogP contribution in [-0.2, 0) is 14.9 Å². The summed E-state index contributed by atoms with van der Waals surface area (Å²) in [6.07, 6.45) is 2.42. The van der Waals surface area contributed by atoms with Crippen molar-refractivity contribution in [3.05, 3.63) is 0 Å². The van der Waals surface area contributed by atoms with Crippen LogP contribution in [0.1, 0.15) is 33.6 Å². The van der Waals surface area contributed by atoms with Gasteiger partial charge in [0, 0.05) is 0 Å². The average Bonchev–Trinajstić information content (AvgIpc) is 2.74. The molecular weight excluding hydrogens is 216 g/mol. The van der Waals surface area contributed by atoms with Gasteiger partial charge in [-0.2, -0.15) is 8.42 Å². The molecule has 15 heavy (non-hydrogen) atoms. The molecule has 90 valence electrons. The third-order valence-electron chi connectivity index (χ3n) is 3.17. The van der Waals surface area contributed by atoms with Crippen molar-refractivity contribution in [2.45, 2.75) is 45.8 Å². The smallest absolute Gasteiger partial charge is 0.265 e. The SMILES string of the molecule is CCC(C[C@@H]1OC1C)C(C)CS(=O)(=O)O. The summed E-state index contributed by atoms with van der Waals surface area (Å²) in [6.45, 7) is 5.93. The molecule has 5 heteroatoms. The number of hydrogen-bond donors (Lipinski definition) is 1. The van der Waals surface area contributed by atoms with E-state index >= 15 is 0 Å². The third-order valence-corrected chi connectivity index (χ3v) is 4.12. The Kier molecular flexibility index (Phi) is 4.14. The number of rotatable bonds is 6. The predicted octanol–water partition coefficient (Wildman–Crippen LogP) is 1.71. The van der Waals surface area contributed by atoms with Crippen molar-refractivity contribution in [1.82, 2.24) is 0 Å². The average molecular weight is 236 g/mol. The van der Waals surface area contributed by atoms with Gasteiger partial charge in [-0.05, 0) is 25.2 Å². The second-order valence-electron chi connectivity index (χ2n) is 4.51. The largest absolute Gasteiger partial charge is 0.370 e. The molecule has 0 aliphatic carbocycles. The second kappa shape index (κ2) is 4.80. The van der Waals surface area contributed by atoms with Crippen molar-refractivity contribution >= 4 is 10.1 Å². The van der Waals surface area contributed by atoms with Crippen LogP contribution in [0.25, 0.3) is 0 Å². The normalized spacial score (nSPS) is 29.9. The van der Waals surface area contributed by atoms with E-state index in [0.717, 1.165) is 12.8 Å². The Bertz CT molecular complexity index is 299. The van der Waals surface area contributed by atoms with Gasteiger partial charge in [-0.25, -0.2) is 0 Å². The molecule has 0 amide bonds. The monoisotopic (exact) mass is 236 g/mol. The van der Waals surface area contributed by atoms with E-state index in [0.29, 0.717) is 18.1 Å². The molecule has 0 bridgehead atoms. The van der Waals surface area contributed by atoms with Gasteiger partial charge in [0.05, 0.1) is 18.0 Å². The Morgan fingerprint density at radius 1 is 1.47 bits per heavy atom. The number of ether oxygens (including phenoxy) is 1. The van der Waals surface area contributed by atoms with Gasteiger partial charge in [0.2, 0.25) is 0 Å². The summed E-state index contributed by atoms with van der Waals surface area (Å²) in [5.74, 6) is 0.148. The van der Waals surface area contributed by atoms with E-state index in [-0.39, 0.29) is 11.7 Å². The lowest BCUT2D eigenvalue weighted by atomic mass is 9.88. The molecule has 1 N–H and O–H groups in total. The Labute approximate surface area is 91.8 Å². The molecule has 1 aliphatic rings. The predicted molar refractivity (Wildman–Crippen MR) is 58.3 cm³/mol. The van der Waals surface area contributed by atoms with Gasteiger partial charge in [0.25, 0.3) is 10.1 Å². The maximum absolute atomic E-state index is 10.8. The molecule has 4 nitrogen and oxygen atoms in total. The van der Waals surface area contributed by atoms with Crippen molar-refractivity contribution in [3.8, 4) is 0 Å². The molecular formula is C10H20O4S. The molecule has 0 aromatic rings. The van der Waals surface area contributed by atoms with Gasteiger partial charge < -0.3 is 4.74 Å². The van der Waals surface area contributed by atoms with Crippen LogP contribution < -0.4 is 0 Å². The molecule has 0 aromatic heterocycles. The van der Waals surface area contributed by atoms with Crippen molar-refractivity contribution in [3.63, 3.8) is 0 Å². The Morgan fingerprint density at radius 2 is 2.00 bits per heavy atom. The lowest BCUT2D eigenvalue weighted by Crippen LogP contribution is -2.22. The topological polar surface area (TPSA) is 66.9 Å². The highest BCUT2D eigenvalue weighted by atomic mass is 32.2. The van der Waals surface area contributed by atoms with Crippen molar-refractivity contribution in [2.75, 3.05) is 5.75 Å². The molecule has 1 rings (SSSR count). The maximum Gasteiger partial charge on any atom is 0.265 e. The molecule has 0 radical (unpaired) electrons. The molecule has 1 heterocycles. The summed E-state index contributed by atoms with van der Waals surface area (Å²) in [6, 6.07) is 0. The van der Waals surface area contributed by atoms with Gasteiger partial charge in [0.1, 0.15) is 0 Å². The van der Waals surface area contributed by atoms with Crippen LogP contribution in [0, 0.1) is 11.8 Å². The minimum absolute atomic E-state index is 0.0126. The first-order valence-corrected chi connectivity index (χ1v) is 7.05. The number of epoxide rings is 1. The molecule has 0 aromatic carbocycles. The molecule has 3 unspecified atom stereocenters. The minimum atomic E-state index is -3.85. The Balaban J connectivity index is 2.43. The highest BCUT2D eigenvalue weighted by molar-refractivity contribution is 7.85. The second-order valence-corrected chi connectivity index (χ2v) is 6.01. The summed E-state index contributed by atoms with van der Waals surface area (Å²) in [4.78, 5) is 0.